The zero-order valence-corrected chi connectivity index (χ0v) is 17.3. The lowest BCUT2D eigenvalue weighted by Crippen LogP contribution is -2.44. The van der Waals surface area contributed by atoms with Crippen LogP contribution in [-0.2, 0) is 13.5 Å². The minimum absolute atomic E-state index is 0.175. The van der Waals surface area contributed by atoms with Crippen LogP contribution in [0.5, 0.6) is 5.75 Å². The predicted octanol–water partition coefficient (Wildman–Crippen LogP) is 6.15. The van der Waals surface area contributed by atoms with Gasteiger partial charge in [0.15, 0.2) is 0 Å². The molecule has 3 heteroatoms. The van der Waals surface area contributed by atoms with Gasteiger partial charge in [-0.25, -0.2) is 0 Å². The summed E-state index contributed by atoms with van der Waals surface area (Å²) in [6.45, 7) is 11.5. The quantitative estimate of drug-likeness (QED) is 0.514. The summed E-state index contributed by atoms with van der Waals surface area (Å²) in [6, 6.07) is 19.2. The van der Waals surface area contributed by atoms with E-state index >= 15 is 0 Å². The van der Waals surface area contributed by atoms with E-state index in [0.717, 1.165) is 12.2 Å². The molecule has 2 aromatic carbocycles. The van der Waals surface area contributed by atoms with E-state index < -0.39 is 8.32 Å². The number of aryl methyl sites for hydroxylation is 1. The highest BCUT2D eigenvalue weighted by atomic mass is 28.4. The fraction of sp³-hybridized carbons (Fsp3) is 0.364. The molecule has 0 unspecified atom stereocenters. The fourth-order valence-corrected chi connectivity index (χ4v) is 3.97. The largest absolute Gasteiger partial charge is 0.542 e. The van der Waals surface area contributed by atoms with E-state index in [-0.39, 0.29) is 5.04 Å². The molecule has 2 nitrogen and oxygen atoms in total. The van der Waals surface area contributed by atoms with Crippen LogP contribution in [0.15, 0.2) is 54.6 Å². The third kappa shape index (κ3) is 3.38. The van der Waals surface area contributed by atoms with Crippen LogP contribution in [0.25, 0.3) is 10.9 Å². The Balaban J connectivity index is 2.14. The number of benzene rings is 2. The van der Waals surface area contributed by atoms with Gasteiger partial charge in [-0.15, -0.1) is 0 Å². The van der Waals surface area contributed by atoms with Crippen molar-refractivity contribution in [3.05, 3.63) is 65.9 Å². The van der Waals surface area contributed by atoms with Crippen molar-refractivity contribution in [2.45, 2.75) is 45.3 Å². The van der Waals surface area contributed by atoms with E-state index in [1.165, 1.54) is 22.2 Å². The highest BCUT2D eigenvalue weighted by Crippen LogP contribution is 2.42. The third-order valence-corrected chi connectivity index (χ3v) is 9.88. The van der Waals surface area contributed by atoms with Crippen LogP contribution in [0.2, 0.25) is 18.1 Å². The highest BCUT2D eigenvalue weighted by Gasteiger charge is 2.40. The molecule has 0 aliphatic heterocycles. The Morgan fingerprint density at radius 3 is 2.16 bits per heavy atom. The normalized spacial score (nSPS) is 12.6. The van der Waals surface area contributed by atoms with Gasteiger partial charge >= 0.3 is 0 Å². The van der Waals surface area contributed by atoms with Gasteiger partial charge in [-0.3, -0.25) is 0 Å². The average Bonchev–Trinajstić information content (AvgIpc) is 2.81. The second-order valence-electron chi connectivity index (χ2n) is 8.38. The van der Waals surface area contributed by atoms with Gasteiger partial charge in [-0.05, 0) is 35.8 Å². The summed E-state index contributed by atoms with van der Waals surface area (Å²) >= 11 is 0. The molecular formula is C22H29NOSi. The van der Waals surface area contributed by atoms with Crippen LogP contribution in [0.4, 0.5) is 0 Å². The Kier molecular flexibility index (Phi) is 4.54. The van der Waals surface area contributed by atoms with Crippen molar-refractivity contribution in [1.82, 2.24) is 4.57 Å². The first kappa shape index (κ1) is 17.8. The summed E-state index contributed by atoms with van der Waals surface area (Å²) in [5.74, 6) is 1.08. The van der Waals surface area contributed by atoms with E-state index in [4.69, 9.17) is 4.43 Å². The van der Waals surface area contributed by atoms with Gasteiger partial charge < -0.3 is 8.99 Å². The maximum atomic E-state index is 6.82. The molecule has 3 aromatic rings. The Morgan fingerprint density at radius 1 is 0.920 bits per heavy atom. The maximum Gasteiger partial charge on any atom is 0.250 e. The molecule has 0 aliphatic carbocycles. The standard InChI is InChI=1S/C22H29NOSi/c1-22(2,3)25(5,6)24-21-18-14-10-11-15-19(18)23(4)20(21)16-17-12-8-7-9-13-17/h7-15H,16H2,1-6H3. The van der Waals surface area contributed by atoms with Gasteiger partial charge in [-0.2, -0.15) is 0 Å². The van der Waals surface area contributed by atoms with Crippen molar-refractivity contribution in [3.63, 3.8) is 0 Å². The summed E-state index contributed by atoms with van der Waals surface area (Å²) in [7, 11) is 0.240. The summed E-state index contributed by atoms with van der Waals surface area (Å²) in [5, 5.41) is 1.40. The number of hydrogen-bond donors (Lipinski definition) is 0. The van der Waals surface area contributed by atoms with Gasteiger partial charge in [0.05, 0.1) is 11.2 Å². The lowest BCUT2D eigenvalue weighted by Gasteiger charge is -2.36. The topological polar surface area (TPSA) is 14.2 Å². The van der Waals surface area contributed by atoms with Crippen LogP contribution in [0.1, 0.15) is 32.0 Å². The fourth-order valence-electron chi connectivity index (χ4n) is 2.92. The predicted molar refractivity (Wildman–Crippen MR) is 110 cm³/mol. The smallest absolute Gasteiger partial charge is 0.250 e. The Hall–Kier alpha value is -2.00. The second-order valence-corrected chi connectivity index (χ2v) is 13.1. The molecule has 0 fully saturated rings. The Bertz CT molecular complexity index is 872. The number of fused-ring (bicyclic) bond motifs is 1. The SMILES string of the molecule is Cn1c(Cc2ccccc2)c(O[Si](C)(C)C(C)(C)C)c2ccccc21. The van der Waals surface area contributed by atoms with Crippen LogP contribution >= 0.6 is 0 Å². The molecule has 0 radical (unpaired) electrons. The maximum absolute atomic E-state index is 6.82. The molecule has 0 saturated carbocycles. The minimum atomic E-state index is -1.91. The zero-order chi connectivity index (χ0) is 18.2. The highest BCUT2D eigenvalue weighted by molar-refractivity contribution is 6.74. The molecular weight excluding hydrogens is 322 g/mol. The second kappa shape index (κ2) is 6.38. The van der Waals surface area contributed by atoms with Crippen molar-refractivity contribution in [2.75, 3.05) is 0 Å². The van der Waals surface area contributed by atoms with Gasteiger partial charge in [0, 0.05) is 18.9 Å². The summed E-state index contributed by atoms with van der Waals surface area (Å²) in [4.78, 5) is 0. The van der Waals surface area contributed by atoms with Gasteiger partial charge in [-0.1, -0.05) is 63.2 Å². The van der Waals surface area contributed by atoms with Gasteiger partial charge in [0.25, 0.3) is 8.32 Å². The lowest BCUT2D eigenvalue weighted by molar-refractivity contribution is 0.490. The van der Waals surface area contributed by atoms with Crippen LogP contribution in [0, 0.1) is 0 Å². The van der Waals surface area contributed by atoms with E-state index in [9.17, 15) is 0 Å². The minimum Gasteiger partial charge on any atom is -0.542 e. The molecule has 132 valence electrons. The van der Waals surface area contributed by atoms with E-state index in [0.29, 0.717) is 0 Å². The molecule has 0 N–H and O–H groups in total. The van der Waals surface area contributed by atoms with Crippen LogP contribution in [0.3, 0.4) is 0 Å². The monoisotopic (exact) mass is 351 g/mol. The summed E-state index contributed by atoms with van der Waals surface area (Å²) < 4.78 is 9.12. The molecule has 0 atom stereocenters. The number of aromatic nitrogens is 1. The first-order valence-corrected chi connectivity index (χ1v) is 11.9. The van der Waals surface area contributed by atoms with Crippen molar-refractivity contribution in [2.24, 2.45) is 7.05 Å². The molecule has 25 heavy (non-hydrogen) atoms. The van der Waals surface area contributed by atoms with Gasteiger partial charge in [0.2, 0.25) is 0 Å². The molecule has 1 aromatic heterocycles. The molecule has 1 heterocycles. The number of nitrogens with zero attached hydrogens (tertiary/aromatic N) is 1. The first-order chi connectivity index (χ1) is 11.7. The molecule has 0 amide bonds. The lowest BCUT2D eigenvalue weighted by atomic mass is 10.1. The molecule has 0 spiro atoms. The first-order valence-electron chi connectivity index (χ1n) is 9.00. The molecule has 0 aliphatic rings. The van der Waals surface area contributed by atoms with E-state index in [2.05, 4.69) is 100 Å². The number of rotatable bonds is 4. The van der Waals surface area contributed by atoms with Crippen LogP contribution < -0.4 is 4.43 Å². The Morgan fingerprint density at radius 2 is 1.52 bits per heavy atom. The summed E-state index contributed by atoms with van der Waals surface area (Å²) in [6.07, 6.45) is 0.885. The number of para-hydroxylation sites is 1. The van der Waals surface area contributed by atoms with E-state index in [1.54, 1.807) is 0 Å². The molecule has 3 rings (SSSR count). The van der Waals surface area contributed by atoms with Crippen molar-refractivity contribution in [3.8, 4) is 5.75 Å². The van der Waals surface area contributed by atoms with Crippen molar-refractivity contribution < 1.29 is 4.43 Å². The Labute approximate surface area is 152 Å². The zero-order valence-electron chi connectivity index (χ0n) is 16.3. The summed E-state index contributed by atoms with van der Waals surface area (Å²) in [5.41, 5.74) is 3.81. The van der Waals surface area contributed by atoms with Crippen LogP contribution in [-0.4, -0.2) is 12.9 Å². The van der Waals surface area contributed by atoms with Gasteiger partial charge in [0.1, 0.15) is 5.75 Å². The van der Waals surface area contributed by atoms with Crippen molar-refractivity contribution >= 4 is 19.2 Å². The van der Waals surface area contributed by atoms with E-state index in [1.807, 2.05) is 0 Å². The number of hydrogen-bond acceptors (Lipinski definition) is 1. The molecule has 0 bridgehead atoms. The van der Waals surface area contributed by atoms with Crippen molar-refractivity contribution in [1.29, 1.82) is 0 Å². The average molecular weight is 352 g/mol. The third-order valence-electron chi connectivity index (χ3n) is 5.55. The molecule has 0 saturated heterocycles.